The number of hydrogen-bond acceptors (Lipinski definition) is 6. The molecule has 1 fully saturated rings. The van der Waals surface area contributed by atoms with E-state index >= 15 is 0 Å². The van der Waals surface area contributed by atoms with E-state index in [0.29, 0.717) is 36.6 Å². The van der Waals surface area contributed by atoms with E-state index in [9.17, 15) is 18.8 Å². The van der Waals surface area contributed by atoms with Crippen LogP contribution in [0.2, 0.25) is 5.02 Å². The minimum absolute atomic E-state index is 0.0532. The zero-order valence-electron chi connectivity index (χ0n) is 17.3. The summed E-state index contributed by atoms with van der Waals surface area (Å²) in [5, 5.41) is 13.6. The molecule has 0 saturated carbocycles. The predicted octanol–water partition coefficient (Wildman–Crippen LogP) is 4.07. The van der Waals surface area contributed by atoms with E-state index in [1.54, 1.807) is 41.3 Å². The standard InChI is InChI=1S/C22H19ClFN5O3S/c23-14-4-3-5-15(12-14)25-19(31)20-27-28-21(33-20)22(32)29-10-8-13(9-11-29)18(30)26-17-7-2-1-6-16(17)24/h1-7,12-13H,8-11H2,(H,25,31)(H,26,30). The van der Waals surface area contributed by atoms with Crippen LogP contribution in [0.1, 0.15) is 32.4 Å². The van der Waals surface area contributed by atoms with Gasteiger partial charge in [0.05, 0.1) is 5.69 Å². The minimum Gasteiger partial charge on any atom is -0.336 e. The SMILES string of the molecule is O=C(Nc1cccc(Cl)c1)c1nnc(C(=O)N2CCC(C(=O)Nc3ccccc3F)CC2)s1. The molecular formula is C22H19ClFN5O3S. The van der Waals surface area contributed by atoms with Crippen molar-refractivity contribution in [3.05, 3.63) is 69.4 Å². The Hall–Kier alpha value is -3.37. The quantitative estimate of drug-likeness (QED) is 0.564. The van der Waals surface area contributed by atoms with E-state index in [0.717, 1.165) is 11.3 Å². The van der Waals surface area contributed by atoms with Crippen molar-refractivity contribution in [2.24, 2.45) is 5.92 Å². The summed E-state index contributed by atoms with van der Waals surface area (Å²) in [5.41, 5.74) is 0.643. The van der Waals surface area contributed by atoms with Gasteiger partial charge in [0, 0.05) is 29.7 Å². The summed E-state index contributed by atoms with van der Waals surface area (Å²) in [7, 11) is 0. The predicted molar refractivity (Wildman–Crippen MR) is 123 cm³/mol. The van der Waals surface area contributed by atoms with Crippen molar-refractivity contribution in [3.63, 3.8) is 0 Å². The van der Waals surface area contributed by atoms with E-state index in [2.05, 4.69) is 20.8 Å². The highest BCUT2D eigenvalue weighted by molar-refractivity contribution is 7.15. The molecule has 0 atom stereocenters. The molecule has 0 radical (unpaired) electrons. The van der Waals surface area contributed by atoms with E-state index in [4.69, 9.17) is 11.6 Å². The molecule has 8 nitrogen and oxygen atoms in total. The minimum atomic E-state index is -0.495. The molecule has 1 saturated heterocycles. The number of carbonyl (C=O) groups is 3. The highest BCUT2D eigenvalue weighted by Gasteiger charge is 2.30. The number of benzene rings is 2. The van der Waals surface area contributed by atoms with Gasteiger partial charge in [-0.05, 0) is 43.2 Å². The molecule has 11 heteroatoms. The summed E-state index contributed by atoms with van der Waals surface area (Å²) in [4.78, 5) is 39.2. The van der Waals surface area contributed by atoms with Crippen molar-refractivity contribution in [1.29, 1.82) is 0 Å². The maximum absolute atomic E-state index is 13.8. The topological polar surface area (TPSA) is 104 Å². The van der Waals surface area contributed by atoms with Gasteiger partial charge in [0.25, 0.3) is 11.8 Å². The lowest BCUT2D eigenvalue weighted by atomic mass is 9.95. The smallest absolute Gasteiger partial charge is 0.286 e. The molecule has 1 aromatic heterocycles. The van der Waals surface area contributed by atoms with Gasteiger partial charge in [-0.2, -0.15) is 0 Å². The molecule has 2 heterocycles. The Balaban J connectivity index is 1.32. The van der Waals surface area contributed by atoms with Gasteiger partial charge in [-0.15, -0.1) is 10.2 Å². The lowest BCUT2D eigenvalue weighted by Crippen LogP contribution is -2.41. The Kier molecular flexibility index (Phi) is 6.95. The van der Waals surface area contributed by atoms with Gasteiger partial charge in [0.2, 0.25) is 15.9 Å². The number of likely N-dealkylation sites (tertiary alicyclic amines) is 1. The van der Waals surface area contributed by atoms with Gasteiger partial charge in [-0.25, -0.2) is 4.39 Å². The first-order valence-electron chi connectivity index (χ1n) is 10.2. The first kappa shape index (κ1) is 22.8. The molecule has 33 heavy (non-hydrogen) atoms. The molecule has 0 spiro atoms. The lowest BCUT2D eigenvalue weighted by Gasteiger charge is -2.30. The first-order valence-corrected chi connectivity index (χ1v) is 11.4. The van der Waals surface area contributed by atoms with Crippen molar-refractivity contribution >= 4 is 52.0 Å². The van der Waals surface area contributed by atoms with Crippen LogP contribution in [-0.4, -0.2) is 45.9 Å². The van der Waals surface area contributed by atoms with Crippen molar-refractivity contribution in [2.45, 2.75) is 12.8 Å². The molecule has 4 rings (SSSR count). The summed E-state index contributed by atoms with van der Waals surface area (Å²) in [6, 6.07) is 12.6. The van der Waals surface area contributed by atoms with E-state index in [1.165, 1.54) is 12.1 Å². The number of nitrogens with zero attached hydrogens (tertiary/aromatic N) is 3. The number of para-hydroxylation sites is 1. The summed E-state index contributed by atoms with van der Waals surface area (Å²) in [6.07, 6.45) is 0.875. The molecule has 0 bridgehead atoms. The molecule has 3 amide bonds. The second kappa shape index (κ2) is 10.1. The maximum Gasteiger partial charge on any atom is 0.286 e. The van der Waals surface area contributed by atoms with Crippen LogP contribution in [0.3, 0.4) is 0 Å². The van der Waals surface area contributed by atoms with Crippen LogP contribution in [0.5, 0.6) is 0 Å². The Morgan fingerprint density at radius 3 is 2.45 bits per heavy atom. The van der Waals surface area contributed by atoms with E-state index in [-0.39, 0.29) is 33.4 Å². The number of rotatable bonds is 5. The molecule has 0 aliphatic carbocycles. The number of piperidine rings is 1. The molecule has 2 aromatic carbocycles. The normalized spacial score (nSPS) is 14.1. The Labute approximate surface area is 197 Å². The number of nitrogens with one attached hydrogen (secondary N) is 2. The Morgan fingerprint density at radius 2 is 1.73 bits per heavy atom. The van der Waals surface area contributed by atoms with Crippen LogP contribution in [0.15, 0.2) is 48.5 Å². The van der Waals surface area contributed by atoms with Gasteiger partial charge in [-0.3, -0.25) is 14.4 Å². The molecule has 1 aliphatic rings. The molecule has 3 aromatic rings. The van der Waals surface area contributed by atoms with Crippen LogP contribution >= 0.6 is 22.9 Å². The van der Waals surface area contributed by atoms with Crippen molar-refractivity contribution in [3.8, 4) is 0 Å². The average Bonchev–Trinajstić information content (AvgIpc) is 3.31. The average molecular weight is 488 g/mol. The van der Waals surface area contributed by atoms with Crippen molar-refractivity contribution < 1.29 is 18.8 Å². The van der Waals surface area contributed by atoms with E-state index in [1.807, 2.05) is 0 Å². The summed E-state index contributed by atoms with van der Waals surface area (Å²) in [5.74, 6) is -1.94. The van der Waals surface area contributed by atoms with Gasteiger partial charge in [0.1, 0.15) is 5.82 Å². The van der Waals surface area contributed by atoms with Crippen LogP contribution in [0.4, 0.5) is 15.8 Å². The third-order valence-electron chi connectivity index (χ3n) is 5.17. The van der Waals surface area contributed by atoms with Gasteiger partial charge in [-0.1, -0.05) is 41.1 Å². The number of anilines is 2. The van der Waals surface area contributed by atoms with Gasteiger partial charge >= 0.3 is 0 Å². The number of amides is 3. The zero-order valence-corrected chi connectivity index (χ0v) is 18.8. The van der Waals surface area contributed by atoms with Crippen molar-refractivity contribution in [2.75, 3.05) is 23.7 Å². The zero-order chi connectivity index (χ0) is 23.4. The molecule has 1 aliphatic heterocycles. The Bertz CT molecular complexity index is 1200. The lowest BCUT2D eigenvalue weighted by molar-refractivity contribution is -0.121. The Morgan fingerprint density at radius 1 is 1.00 bits per heavy atom. The highest BCUT2D eigenvalue weighted by atomic mass is 35.5. The summed E-state index contributed by atoms with van der Waals surface area (Å²) in [6.45, 7) is 0.690. The third kappa shape index (κ3) is 5.52. The number of aromatic nitrogens is 2. The summed E-state index contributed by atoms with van der Waals surface area (Å²) >= 11 is 6.81. The largest absolute Gasteiger partial charge is 0.336 e. The second-order valence-corrected chi connectivity index (χ2v) is 8.83. The van der Waals surface area contributed by atoms with E-state index < -0.39 is 11.7 Å². The molecule has 2 N–H and O–H groups in total. The van der Waals surface area contributed by atoms with Crippen LogP contribution < -0.4 is 10.6 Å². The van der Waals surface area contributed by atoms with Crippen LogP contribution in [0, 0.1) is 11.7 Å². The highest BCUT2D eigenvalue weighted by Crippen LogP contribution is 2.23. The van der Waals surface area contributed by atoms with Crippen LogP contribution in [-0.2, 0) is 4.79 Å². The third-order valence-corrected chi connectivity index (χ3v) is 6.31. The number of hydrogen-bond donors (Lipinski definition) is 2. The first-order chi connectivity index (χ1) is 15.9. The number of halogens is 2. The summed E-state index contributed by atoms with van der Waals surface area (Å²) < 4.78 is 13.8. The second-order valence-electron chi connectivity index (χ2n) is 7.41. The fraction of sp³-hybridized carbons (Fsp3) is 0.227. The van der Waals surface area contributed by atoms with Crippen molar-refractivity contribution in [1.82, 2.24) is 15.1 Å². The van der Waals surface area contributed by atoms with Crippen LogP contribution in [0.25, 0.3) is 0 Å². The number of carbonyl (C=O) groups excluding carboxylic acids is 3. The fourth-order valence-electron chi connectivity index (χ4n) is 3.43. The molecule has 0 unspecified atom stereocenters. The monoisotopic (exact) mass is 487 g/mol. The van der Waals surface area contributed by atoms with Gasteiger partial charge < -0.3 is 15.5 Å². The molecular weight excluding hydrogens is 469 g/mol. The fourth-order valence-corrected chi connectivity index (χ4v) is 4.33. The molecule has 170 valence electrons. The maximum atomic E-state index is 13.8. The van der Waals surface area contributed by atoms with Gasteiger partial charge in [0.15, 0.2) is 0 Å².